The van der Waals surface area contributed by atoms with E-state index in [1.165, 1.54) is 0 Å². The number of amides is 1. The number of likely N-dealkylation sites (tertiary alicyclic amines) is 1. The van der Waals surface area contributed by atoms with E-state index in [0.717, 1.165) is 11.1 Å². The zero-order valence-electron chi connectivity index (χ0n) is 21.1. The Hall–Kier alpha value is -3.91. The van der Waals surface area contributed by atoms with E-state index in [-0.39, 0.29) is 42.7 Å². The smallest absolute Gasteiger partial charge is 0.491 e. The first-order valence-corrected chi connectivity index (χ1v) is 12.4. The lowest BCUT2D eigenvalue weighted by atomic mass is 9.50. The number of hydrogen-bond acceptors (Lipinski definition) is 10. The molecule has 2 aliphatic carbocycles. The highest BCUT2D eigenvalue weighted by Crippen LogP contribution is 2.65. The van der Waals surface area contributed by atoms with Crippen molar-refractivity contribution in [1.82, 2.24) is 10.2 Å². The molecule has 2 bridgehead atoms. The van der Waals surface area contributed by atoms with Gasteiger partial charge in [-0.1, -0.05) is 6.07 Å². The first-order valence-electron chi connectivity index (χ1n) is 12.4. The van der Waals surface area contributed by atoms with E-state index in [4.69, 9.17) is 9.47 Å². The molecule has 11 nitrogen and oxygen atoms in total. The van der Waals surface area contributed by atoms with Gasteiger partial charge < -0.3 is 34.6 Å². The molecule has 1 aromatic rings. The quantitative estimate of drug-likeness (QED) is 0.257. The zero-order chi connectivity index (χ0) is 29.0. The van der Waals surface area contributed by atoms with E-state index >= 15 is 0 Å². The van der Waals surface area contributed by atoms with Crippen LogP contribution in [0.2, 0.25) is 0 Å². The molecule has 1 saturated heterocycles. The van der Waals surface area contributed by atoms with Crippen LogP contribution in [0.15, 0.2) is 36.1 Å². The number of piperidine rings is 1. The van der Waals surface area contributed by atoms with Crippen LogP contribution in [0.1, 0.15) is 30.4 Å². The summed E-state index contributed by atoms with van der Waals surface area (Å²) in [5, 5.41) is 24.9. The fourth-order valence-electron chi connectivity index (χ4n) is 6.29. The van der Waals surface area contributed by atoms with Gasteiger partial charge in [0.25, 0.3) is 0 Å². The third kappa shape index (κ3) is 4.31. The number of phenols is 1. The van der Waals surface area contributed by atoms with Crippen LogP contribution >= 0.6 is 0 Å². The number of nitrogens with one attached hydrogen (secondary N) is 1. The fourth-order valence-corrected chi connectivity index (χ4v) is 6.29. The number of rotatable bonds is 6. The van der Waals surface area contributed by atoms with Crippen molar-refractivity contribution in [2.24, 2.45) is 0 Å². The Bertz CT molecular complexity index is 1360. The number of ether oxygens (including phenoxy) is 3. The van der Waals surface area contributed by atoms with Crippen LogP contribution < -0.4 is 10.1 Å². The molecule has 4 aliphatic rings. The second kappa shape index (κ2) is 9.63. The van der Waals surface area contributed by atoms with Gasteiger partial charge in [-0.2, -0.15) is 13.2 Å². The van der Waals surface area contributed by atoms with Crippen LogP contribution in [-0.2, 0) is 40.5 Å². The predicted molar refractivity (Wildman–Crippen MR) is 127 cm³/mol. The molecule has 40 heavy (non-hydrogen) atoms. The number of aromatic hydroxyl groups is 1. The Morgan fingerprint density at radius 1 is 1.25 bits per heavy atom. The summed E-state index contributed by atoms with van der Waals surface area (Å²) < 4.78 is 51.6. The molecule has 1 fully saturated rings. The van der Waals surface area contributed by atoms with Gasteiger partial charge in [-0.3, -0.25) is 9.59 Å². The minimum Gasteiger partial charge on any atom is -0.504 e. The number of halogens is 3. The number of nitrogens with zero attached hydrogens (tertiary/aromatic N) is 1. The van der Waals surface area contributed by atoms with Crippen molar-refractivity contribution in [2.45, 2.75) is 55.0 Å². The van der Waals surface area contributed by atoms with Gasteiger partial charge in [0.15, 0.2) is 17.6 Å². The van der Waals surface area contributed by atoms with E-state index in [9.17, 15) is 42.6 Å². The molecule has 1 aromatic carbocycles. The number of hydrogen-bond donors (Lipinski definition) is 3. The predicted octanol–water partition coefficient (Wildman–Crippen LogP) is 0.908. The maximum Gasteiger partial charge on any atom is 0.491 e. The monoisotopic (exact) mass is 566 g/mol. The van der Waals surface area contributed by atoms with Gasteiger partial charge >= 0.3 is 24.1 Å². The van der Waals surface area contributed by atoms with Gasteiger partial charge in [0.2, 0.25) is 5.91 Å². The van der Waals surface area contributed by atoms with Gasteiger partial charge in [0.05, 0.1) is 17.4 Å². The Morgan fingerprint density at radius 2 is 2.00 bits per heavy atom. The van der Waals surface area contributed by atoms with Gasteiger partial charge in [-0.05, 0) is 44.1 Å². The lowest BCUT2D eigenvalue weighted by Crippen LogP contribution is -2.74. The minimum atomic E-state index is -5.36. The lowest BCUT2D eigenvalue weighted by Gasteiger charge is -2.61. The van der Waals surface area contributed by atoms with Gasteiger partial charge in [-0.15, -0.1) is 0 Å². The largest absolute Gasteiger partial charge is 0.504 e. The third-order valence-corrected chi connectivity index (χ3v) is 8.01. The van der Waals surface area contributed by atoms with Gasteiger partial charge in [-0.25, -0.2) is 9.59 Å². The van der Waals surface area contributed by atoms with Crippen molar-refractivity contribution >= 4 is 23.8 Å². The number of aliphatic hydroxyl groups is 1. The second-order valence-electron chi connectivity index (χ2n) is 10.2. The number of benzene rings is 1. The highest BCUT2D eigenvalue weighted by atomic mass is 19.4. The summed E-state index contributed by atoms with van der Waals surface area (Å²) in [6, 6.07) is 3.15. The van der Waals surface area contributed by atoms with Crippen molar-refractivity contribution in [3.05, 3.63) is 47.2 Å². The van der Waals surface area contributed by atoms with Gasteiger partial charge in [0.1, 0.15) is 5.76 Å². The van der Waals surface area contributed by atoms with Crippen LogP contribution in [0, 0.1) is 0 Å². The van der Waals surface area contributed by atoms with Crippen LogP contribution in [0.3, 0.4) is 0 Å². The molecule has 0 saturated carbocycles. The average Bonchev–Trinajstić information content (AvgIpc) is 3.24. The highest BCUT2D eigenvalue weighted by molar-refractivity contribution is 5.98. The van der Waals surface area contributed by atoms with E-state index in [2.05, 4.69) is 15.0 Å². The van der Waals surface area contributed by atoms with Crippen LogP contribution in [-0.4, -0.2) is 83.0 Å². The summed E-state index contributed by atoms with van der Waals surface area (Å²) in [7, 11) is 1.94. The molecule has 2 aliphatic heterocycles. The second-order valence-corrected chi connectivity index (χ2v) is 10.2. The molecule has 1 amide bonds. The number of phenolic OH excluding ortho intramolecular Hbond substituents is 1. The summed E-state index contributed by atoms with van der Waals surface area (Å²) in [6.45, 7) is 0.407. The first kappa shape index (κ1) is 27.6. The van der Waals surface area contributed by atoms with Crippen molar-refractivity contribution in [1.29, 1.82) is 0 Å². The molecule has 5 rings (SSSR count). The zero-order valence-corrected chi connectivity index (χ0v) is 21.1. The van der Waals surface area contributed by atoms with Crippen molar-refractivity contribution < 1.29 is 56.8 Å². The van der Waals surface area contributed by atoms with Crippen molar-refractivity contribution in [2.75, 3.05) is 20.1 Å². The van der Waals surface area contributed by atoms with Crippen molar-refractivity contribution in [3.63, 3.8) is 0 Å². The van der Waals surface area contributed by atoms with E-state index in [0.29, 0.717) is 31.5 Å². The lowest BCUT2D eigenvalue weighted by molar-refractivity contribution is -0.200. The Morgan fingerprint density at radius 3 is 2.73 bits per heavy atom. The molecule has 4 atom stereocenters. The third-order valence-electron chi connectivity index (χ3n) is 8.01. The molecule has 1 spiro atoms. The van der Waals surface area contributed by atoms with E-state index in [1.807, 2.05) is 13.1 Å². The number of alkyl halides is 3. The SMILES string of the molecule is CN1CC[C@]23c4c5ccc(O)c4O[C@H]2C(OC(=O)CCNC(=O)/C=C/C(=O)OC(=O)C(F)(F)F)=CC[C@@]3(O)[C@H]1C5. The molecule has 0 radical (unpaired) electrons. The number of likely N-dealkylation sites (N-methyl/N-ethyl adjacent to an activating group) is 1. The van der Waals surface area contributed by atoms with Crippen LogP contribution in [0.25, 0.3) is 0 Å². The Labute approximate surface area is 225 Å². The Kier molecular flexibility index (Phi) is 6.65. The topological polar surface area (TPSA) is 152 Å². The molecule has 2 heterocycles. The summed E-state index contributed by atoms with van der Waals surface area (Å²) >= 11 is 0. The Balaban J connectivity index is 1.23. The highest BCUT2D eigenvalue weighted by Gasteiger charge is 2.72. The molecule has 0 aromatic heterocycles. The molecular weight excluding hydrogens is 541 g/mol. The van der Waals surface area contributed by atoms with Crippen LogP contribution in [0.4, 0.5) is 13.2 Å². The van der Waals surface area contributed by atoms with Crippen molar-refractivity contribution in [3.8, 4) is 11.5 Å². The summed E-state index contributed by atoms with van der Waals surface area (Å²) in [5.41, 5.74) is -0.470. The number of carbonyl (C=O) groups is 4. The summed E-state index contributed by atoms with van der Waals surface area (Å²) in [6.07, 6.45) is -2.79. The molecule has 3 N–H and O–H groups in total. The number of esters is 3. The molecule has 14 heteroatoms. The summed E-state index contributed by atoms with van der Waals surface area (Å²) in [4.78, 5) is 48.4. The van der Waals surface area contributed by atoms with E-state index < -0.39 is 47.1 Å². The van der Waals surface area contributed by atoms with Gasteiger partial charge in [0, 0.05) is 36.7 Å². The minimum absolute atomic E-state index is 0.0737. The number of carbonyl (C=O) groups excluding carboxylic acids is 4. The normalized spacial score (nSPS) is 28.3. The maximum absolute atomic E-state index is 12.6. The molecule has 0 unspecified atom stereocenters. The molecular formula is C26H25F3N2O9. The maximum atomic E-state index is 12.6. The average molecular weight is 566 g/mol. The summed E-state index contributed by atoms with van der Waals surface area (Å²) in [5.74, 6) is -5.70. The first-order chi connectivity index (χ1) is 18.8. The molecule has 214 valence electrons. The standard InChI is InChI=1S/C26H25F3N2O9/c1-31-11-9-24-20-13-2-3-14(32)21(20)40-22(24)15(6-8-25(24,37)16(31)12-13)38-19(35)7-10-30-17(33)4-5-18(34)39-23(36)26(27,28)29/h2-6,16,22,32,37H,7-12H2,1H3,(H,30,33)/b5-4+/t16-,22+,24+,25-/m1/s1. The fraction of sp³-hybridized carbons (Fsp3) is 0.462. The van der Waals surface area contributed by atoms with Crippen LogP contribution in [0.5, 0.6) is 11.5 Å². The van der Waals surface area contributed by atoms with E-state index in [1.54, 1.807) is 12.1 Å².